The number of thiocarbonyl (C=S) groups is 1. The fourth-order valence-corrected chi connectivity index (χ4v) is 7.50. The first-order valence-electron chi connectivity index (χ1n) is 13.3. The van der Waals surface area contributed by atoms with E-state index >= 15 is 0 Å². The zero-order chi connectivity index (χ0) is 32.0. The Balaban J connectivity index is 1.69. The number of allylic oxidation sites excluding steroid dienone is 4. The van der Waals surface area contributed by atoms with Gasteiger partial charge in [0.1, 0.15) is 0 Å². The third-order valence-electron chi connectivity index (χ3n) is 7.60. The molecule has 0 bridgehead atoms. The van der Waals surface area contributed by atoms with Gasteiger partial charge in [0.05, 0.1) is 17.0 Å². The average molecular weight is 657 g/mol. The van der Waals surface area contributed by atoms with Crippen molar-refractivity contribution in [2.24, 2.45) is 5.92 Å². The number of carbonyl (C=O) groups excluding carboxylic acids is 1. The van der Waals surface area contributed by atoms with Crippen LogP contribution in [0.25, 0.3) is 0 Å². The van der Waals surface area contributed by atoms with E-state index in [1.165, 1.54) is 15.3 Å². The molecule has 1 aromatic rings. The van der Waals surface area contributed by atoms with E-state index in [2.05, 4.69) is 15.3 Å². The molecule has 1 aliphatic carbocycles. The summed E-state index contributed by atoms with van der Waals surface area (Å²) in [6, 6.07) is -1.34. The summed E-state index contributed by atoms with van der Waals surface area (Å²) in [6.45, 7) is 4.17. The third-order valence-corrected chi connectivity index (χ3v) is 10.1. The Morgan fingerprint density at radius 2 is 1.72 bits per heavy atom. The molecule has 10 nitrogen and oxygen atoms in total. The van der Waals surface area contributed by atoms with Gasteiger partial charge in [0.2, 0.25) is 21.9 Å². The second-order valence-corrected chi connectivity index (χ2v) is 13.1. The summed E-state index contributed by atoms with van der Waals surface area (Å²) >= 11 is 5.27. The van der Waals surface area contributed by atoms with Gasteiger partial charge in [-0.3, -0.25) is 9.69 Å². The van der Waals surface area contributed by atoms with Crippen LogP contribution in [0.3, 0.4) is 0 Å². The second kappa shape index (κ2) is 12.0. The highest BCUT2D eigenvalue weighted by molar-refractivity contribution is 7.96. The average Bonchev–Trinajstić information content (AvgIpc) is 2.91. The minimum absolute atomic E-state index is 0.0335. The van der Waals surface area contributed by atoms with Crippen molar-refractivity contribution in [2.45, 2.75) is 50.3 Å². The monoisotopic (exact) mass is 656 g/mol. The number of aliphatic hydroxyl groups is 1. The summed E-state index contributed by atoms with van der Waals surface area (Å²) in [4.78, 5) is 23.7. The van der Waals surface area contributed by atoms with Crippen LogP contribution in [-0.2, 0) is 20.4 Å². The molecule has 0 spiro atoms. The van der Waals surface area contributed by atoms with E-state index in [4.69, 9.17) is 12.2 Å². The van der Waals surface area contributed by atoms with Crippen molar-refractivity contribution in [3.05, 3.63) is 41.1 Å². The quantitative estimate of drug-likeness (QED) is 0.337. The molecule has 1 amide bonds. The number of nitrogens with one attached hydrogen (secondary N) is 1. The first-order valence-corrected chi connectivity index (χ1v) is 15.1. The van der Waals surface area contributed by atoms with Gasteiger partial charge in [0.15, 0.2) is 0 Å². The van der Waals surface area contributed by atoms with E-state index in [9.17, 15) is 44.7 Å². The number of hydrogen-bond donors (Lipinski definition) is 2. The molecule has 2 fully saturated rings. The predicted molar refractivity (Wildman–Crippen MR) is 147 cm³/mol. The van der Waals surface area contributed by atoms with Gasteiger partial charge in [-0.25, -0.2) is 18.4 Å². The topological polar surface area (TPSA) is 119 Å². The number of nitrogens with zero attached hydrogens (tertiary/aromatic N) is 5. The summed E-state index contributed by atoms with van der Waals surface area (Å²) in [6.07, 6.45) is -6.74. The van der Waals surface area contributed by atoms with Gasteiger partial charge >= 0.3 is 12.4 Å². The zero-order valence-corrected chi connectivity index (χ0v) is 24.7. The van der Waals surface area contributed by atoms with Crippen LogP contribution in [0, 0.1) is 5.92 Å². The van der Waals surface area contributed by atoms with Crippen LogP contribution in [0.15, 0.2) is 35.5 Å². The largest absolute Gasteiger partial charge is 0.430 e. The number of sulfonamides is 1. The maximum absolute atomic E-state index is 13.6. The Labute approximate surface area is 249 Å². The molecule has 43 heavy (non-hydrogen) atoms. The lowest BCUT2D eigenvalue weighted by Gasteiger charge is -2.45. The third kappa shape index (κ3) is 6.29. The Kier molecular flexibility index (Phi) is 9.29. The van der Waals surface area contributed by atoms with Crippen LogP contribution in [0.2, 0.25) is 0 Å². The van der Waals surface area contributed by atoms with Gasteiger partial charge in [-0.15, -0.1) is 0 Å². The van der Waals surface area contributed by atoms with E-state index in [1.54, 1.807) is 12.2 Å². The smallest absolute Gasteiger partial charge is 0.369 e. The Hall–Kier alpha value is -2.67. The first-order chi connectivity index (χ1) is 19.9. The van der Waals surface area contributed by atoms with E-state index in [-0.39, 0.29) is 72.5 Å². The molecular weight excluding hydrogens is 626 g/mol. The summed E-state index contributed by atoms with van der Waals surface area (Å²) in [5, 5.41) is 12.5. The van der Waals surface area contributed by atoms with Crippen LogP contribution in [-0.4, -0.2) is 107 Å². The summed E-state index contributed by atoms with van der Waals surface area (Å²) in [7, 11) is -4.06. The van der Waals surface area contributed by atoms with Crippen molar-refractivity contribution in [2.75, 3.05) is 44.2 Å². The highest BCUT2D eigenvalue weighted by Crippen LogP contribution is 2.49. The number of aromatic nitrogens is 2. The molecule has 2 N–H and O–H groups in total. The molecule has 3 aliphatic rings. The molecule has 0 saturated carbocycles. The fourth-order valence-electron chi connectivity index (χ4n) is 5.43. The Morgan fingerprint density at radius 1 is 1.09 bits per heavy atom. The van der Waals surface area contributed by atoms with Gasteiger partial charge in [-0.2, -0.15) is 30.6 Å². The standard InChI is InChI=1S/C25H30F6N6O4S2/c1-15(2)20-21(38)32-7-8-35(20)13-17-14-36(43(40,41)19-6-4-3-5-18(19)42)9-10-37(17)22-33-11-16(12-34-22)23(39,24(26,27)28)25(29,30)31/h3-4,6,11-12,15,17,20,39H,5,7-10,13-14H2,1-2H3,(H,32,38)/t17-,20-/m0/s1. The molecule has 0 unspecified atom stereocenters. The molecule has 18 heteroatoms. The molecule has 3 heterocycles. The molecule has 2 saturated heterocycles. The lowest BCUT2D eigenvalue weighted by molar-refractivity contribution is -0.376. The number of piperazine rings is 2. The highest BCUT2D eigenvalue weighted by atomic mass is 32.2. The molecule has 0 radical (unpaired) electrons. The lowest BCUT2D eigenvalue weighted by atomic mass is 9.95. The Bertz CT molecular complexity index is 1380. The van der Waals surface area contributed by atoms with Crippen molar-refractivity contribution in [1.29, 1.82) is 0 Å². The number of alkyl halides is 6. The molecular formula is C25H30F6N6O4S2. The van der Waals surface area contributed by atoms with Gasteiger partial charge in [-0.05, 0) is 12.0 Å². The molecule has 0 aromatic carbocycles. The van der Waals surface area contributed by atoms with Crippen LogP contribution < -0.4 is 10.2 Å². The number of amides is 1. The van der Waals surface area contributed by atoms with E-state index in [0.717, 1.165) is 0 Å². The van der Waals surface area contributed by atoms with Crippen LogP contribution in [0.4, 0.5) is 32.3 Å². The number of hydrogen-bond acceptors (Lipinski definition) is 9. The molecule has 2 atom stereocenters. The molecule has 4 rings (SSSR count). The molecule has 1 aromatic heterocycles. The van der Waals surface area contributed by atoms with E-state index in [0.29, 0.717) is 13.1 Å². The van der Waals surface area contributed by atoms with E-state index < -0.39 is 45.6 Å². The lowest BCUT2D eigenvalue weighted by Crippen LogP contribution is -2.64. The number of rotatable bonds is 7. The summed E-state index contributed by atoms with van der Waals surface area (Å²) in [5.41, 5.74) is -6.82. The predicted octanol–water partition coefficient (Wildman–Crippen LogP) is 2.28. The highest BCUT2D eigenvalue weighted by Gasteiger charge is 2.71. The number of carbonyl (C=O) groups is 1. The summed E-state index contributed by atoms with van der Waals surface area (Å²) < 4.78 is 109. The van der Waals surface area contributed by atoms with Crippen LogP contribution in [0.1, 0.15) is 25.8 Å². The minimum Gasteiger partial charge on any atom is -0.369 e. The molecule has 238 valence electrons. The molecule has 2 aliphatic heterocycles. The maximum atomic E-state index is 13.6. The zero-order valence-electron chi connectivity index (χ0n) is 23.1. The second-order valence-electron chi connectivity index (χ2n) is 10.7. The first kappa shape index (κ1) is 33.2. The van der Waals surface area contributed by atoms with Gasteiger partial charge in [0, 0.05) is 68.5 Å². The normalized spacial score (nSPS) is 23.5. The van der Waals surface area contributed by atoms with Crippen LogP contribution in [0.5, 0.6) is 0 Å². The van der Waals surface area contributed by atoms with Gasteiger partial charge in [-0.1, -0.05) is 38.2 Å². The van der Waals surface area contributed by atoms with Crippen molar-refractivity contribution in [1.82, 2.24) is 24.5 Å². The number of halogens is 6. The van der Waals surface area contributed by atoms with Crippen molar-refractivity contribution in [3.8, 4) is 0 Å². The minimum atomic E-state index is -6.11. The van der Waals surface area contributed by atoms with E-state index in [1.807, 2.05) is 18.7 Å². The van der Waals surface area contributed by atoms with Crippen molar-refractivity contribution >= 4 is 39.0 Å². The fraction of sp³-hybridized carbons (Fsp3) is 0.600. The van der Waals surface area contributed by atoms with Gasteiger partial charge in [0.25, 0.3) is 5.60 Å². The number of anilines is 1. The maximum Gasteiger partial charge on any atom is 0.430 e. The van der Waals surface area contributed by atoms with Crippen LogP contribution >= 0.6 is 12.2 Å². The Morgan fingerprint density at radius 3 is 2.28 bits per heavy atom. The SMILES string of the molecule is CC(C)[C@H]1C(=O)NCCN1C[C@H]1CN(S(=O)(=O)C2=CC=CCC2=S)CCN1c1ncc(C(O)(C(F)(F)F)C(F)(F)F)cn1. The summed E-state index contributed by atoms with van der Waals surface area (Å²) in [5.74, 6) is -0.626. The van der Waals surface area contributed by atoms with Crippen molar-refractivity contribution in [3.63, 3.8) is 0 Å². The van der Waals surface area contributed by atoms with Gasteiger partial charge < -0.3 is 15.3 Å². The van der Waals surface area contributed by atoms with Crippen molar-refractivity contribution < 1.29 is 44.7 Å².